The molecule has 2 aromatic rings. The summed E-state index contributed by atoms with van der Waals surface area (Å²) in [5.41, 5.74) is 1.07. The normalized spacial score (nSPS) is 10.7. The van der Waals surface area contributed by atoms with E-state index < -0.39 is 0 Å². The van der Waals surface area contributed by atoms with Crippen LogP contribution in [0.1, 0.15) is 17.1 Å². The van der Waals surface area contributed by atoms with Gasteiger partial charge >= 0.3 is 0 Å². The van der Waals surface area contributed by atoms with E-state index in [0.717, 1.165) is 29.4 Å². The maximum absolute atomic E-state index is 6.27. The third-order valence-electron chi connectivity index (χ3n) is 2.81. The van der Waals surface area contributed by atoms with Gasteiger partial charge in [-0.15, -0.1) is 0 Å². The molecule has 19 heavy (non-hydrogen) atoms. The van der Waals surface area contributed by atoms with Crippen LogP contribution in [0.4, 0.5) is 5.82 Å². The summed E-state index contributed by atoms with van der Waals surface area (Å²) in [6.45, 7) is 3.33. The molecule has 0 aromatic carbocycles. The van der Waals surface area contributed by atoms with Crippen LogP contribution in [0.2, 0.25) is 5.02 Å². The monoisotopic (exact) mass is 279 g/mol. The smallest absolute Gasteiger partial charge is 0.147 e. The number of hydrogen-bond acceptors (Lipinski definition) is 4. The highest BCUT2D eigenvalue weighted by Crippen LogP contribution is 2.24. The van der Waals surface area contributed by atoms with Gasteiger partial charge in [-0.3, -0.25) is 0 Å². The van der Waals surface area contributed by atoms with Crippen molar-refractivity contribution in [3.63, 3.8) is 0 Å². The van der Waals surface area contributed by atoms with Crippen LogP contribution >= 0.6 is 11.6 Å². The second-order valence-corrected chi connectivity index (χ2v) is 4.95. The van der Waals surface area contributed by atoms with E-state index in [1.807, 2.05) is 50.3 Å². The summed E-state index contributed by atoms with van der Waals surface area (Å²) in [6, 6.07) is 5.85. The van der Waals surface area contributed by atoms with Crippen LogP contribution in [0.25, 0.3) is 0 Å². The maximum atomic E-state index is 6.27. The molecule has 0 saturated heterocycles. The van der Waals surface area contributed by atoms with Crippen LogP contribution in [0.15, 0.2) is 28.8 Å². The molecule has 0 aliphatic carbocycles. The molecular weight excluding hydrogens is 262 g/mol. The molecule has 0 aliphatic rings. The summed E-state index contributed by atoms with van der Waals surface area (Å²) in [7, 11) is 3.84. The molecule has 5 heteroatoms. The Bertz CT molecular complexity index is 553. The van der Waals surface area contributed by atoms with Crippen LogP contribution in [0, 0.1) is 6.92 Å². The van der Waals surface area contributed by atoms with Gasteiger partial charge in [-0.2, -0.15) is 0 Å². The molecule has 102 valence electrons. The average molecular weight is 280 g/mol. The van der Waals surface area contributed by atoms with Gasteiger partial charge in [0.2, 0.25) is 0 Å². The van der Waals surface area contributed by atoms with Crippen molar-refractivity contribution in [2.45, 2.75) is 20.0 Å². The molecule has 1 N–H and O–H groups in total. The van der Waals surface area contributed by atoms with Crippen LogP contribution in [0.5, 0.6) is 0 Å². The van der Waals surface area contributed by atoms with Crippen LogP contribution in [-0.2, 0) is 13.1 Å². The molecular formula is C14H18ClN3O. The van der Waals surface area contributed by atoms with Gasteiger partial charge in [0.1, 0.15) is 17.3 Å². The van der Waals surface area contributed by atoms with Crippen molar-refractivity contribution in [2.24, 2.45) is 0 Å². The Kier molecular flexibility index (Phi) is 4.45. The number of nitrogens with one attached hydrogen (secondary N) is 1. The topological polar surface area (TPSA) is 41.3 Å². The van der Waals surface area contributed by atoms with E-state index in [1.165, 1.54) is 0 Å². The molecule has 0 atom stereocenters. The lowest BCUT2D eigenvalue weighted by Gasteiger charge is -2.18. The largest absolute Gasteiger partial charge is 0.464 e. The third-order valence-corrected chi connectivity index (χ3v) is 3.09. The lowest BCUT2D eigenvalue weighted by molar-refractivity contribution is 0.481. The van der Waals surface area contributed by atoms with Gasteiger partial charge in [-0.25, -0.2) is 4.98 Å². The van der Waals surface area contributed by atoms with Crippen LogP contribution < -0.4 is 10.2 Å². The summed E-state index contributed by atoms with van der Waals surface area (Å²) < 4.78 is 5.56. The fourth-order valence-corrected chi connectivity index (χ4v) is 2.26. The number of halogens is 1. The number of nitrogens with zero attached hydrogens (tertiary/aromatic N) is 2. The van der Waals surface area contributed by atoms with Gasteiger partial charge in [-0.1, -0.05) is 11.6 Å². The number of furan rings is 1. The Morgan fingerprint density at radius 3 is 2.79 bits per heavy atom. The van der Waals surface area contributed by atoms with E-state index in [1.54, 1.807) is 0 Å². The summed E-state index contributed by atoms with van der Waals surface area (Å²) in [5, 5.41) is 3.73. The highest BCUT2D eigenvalue weighted by atomic mass is 35.5. The number of rotatable bonds is 5. The predicted molar refractivity (Wildman–Crippen MR) is 77.6 cm³/mol. The summed E-state index contributed by atoms with van der Waals surface area (Å²) in [5.74, 6) is 2.57. The fourth-order valence-electron chi connectivity index (χ4n) is 1.93. The minimum atomic E-state index is 0.645. The van der Waals surface area contributed by atoms with Crippen molar-refractivity contribution in [3.8, 4) is 0 Å². The van der Waals surface area contributed by atoms with E-state index in [2.05, 4.69) is 10.3 Å². The quantitative estimate of drug-likeness (QED) is 0.914. The first-order valence-corrected chi connectivity index (χ1v) is 6.53. The van der Waals surface area contributed by atoms with Gasteiger partial charge in [0.15, 0.2) is 0 Å². The van der Waals surface area contributed by atoms with Crippen molar-refractivity contribution in [3.05, 3.63) is 46.5 Å². The molecule has 0 unspecified atom stereocenters. The minimum Gasteiger partial charge on any atom is -0.464 e. The van der Waals surface area contributed by atoms with Gasteiger partial charge in [-0.05, 0) is 37.7 Å². The molecule has 2 aromatic heterocycles. The summed E-state index contributed by atoms with van der Waals surface area (Å²) >= 11 is 6.27. The zero-order valence-corrected chi connectivity index (χ0v) is 12.2. The molecule has 0 bridgehead atoms. The predicted octanol–water partition coefficient (Wildman–Crippen LogP) is 2.99. The number of aromatic nitrogens is 1. The molecule has 0 fully saturated rings. The van der Waals surface area contributed by atoms with Crippen molar-refractivity contribution in [1.29, 1.82) is 0 Å². The second-order valence-electron chi connectivity index (χ2n) is 4.55. The molecule has 0 radical (unpaired) electrons. The zero-order chi connectivity index (χ0) is 13.8. The molecule has 0 aliphatic heterocycles. The second kappa shape index (κ2) is 6.08. The lowest BCUT2D eigenvalue weighted by Crippen LogP contribution is -2.18. The highest BCUT2D eigenvalue weighted by Gasteiger charge is 2.11. The zero-order valence-electron chi connectivity index (χ0n) is 11.4. The molecule has 4 nitrogen and oxygen atoms in total. The number of pyridine rings is 1. The van der Waals surface area contributed by atoms with E-state index in [0.29, 0.717) is 11.6 Å². The standard InChI is InChI=1S/C14H18ClN3O/c1-10-4-5-12(19-10)9-18(3)14-13(15)6-11(7-16-2)8-17-14/h4-6,8,16H,7,9H2,1-3H3. The van der Waals surface area contributed by atoms with Gasteiger partial charge in [0.25, 0.3) is 0 Å². The highest BCUT2D eigenvalue weighted by molar-refractivity contribution is 6.33. The van der Waals surface area contributed by atoms with E-state index in [9.17, 15) is 0 Å². The summed E-state index contributed by atoms with van der Waals surface area (Å²) in [6.07, 6.45) is 1.83. The average Bonchev–Trinajstić information content (AvgIpc) is 2.75. The Morgan fingerprint density at radius 1 is 1.42 bits per heavy atom. The minimum absolute atomic E-state index is 0.645. The first-order valence-electron chi connectivity index (χ1n) is 6.15. The van der Waals surface area contributed by atoms with Crippen molar-refractivity contribution < 1.29 is 4.42 Å². The van der Waals surface area contributed by atoms with E-state index in [-0.39, 0.29) is 0 Å². The van der Waals surface area contributed by atoms with E-state index in [4.69, 9.17) is 16.0 Å². The first-order chi connectivity index (χ1) is 9.10. The van der Waals surface area contributed by atoms with Gasteiger partial charge < -0.3 is 14.6 Å². The Balaban J connectivity index is 2.12. The lowest BCUT2D eigenvalue weighted by atomic mass is 10.2. The van der Waals surface area contributed by atoms with Gasteiger partial charge in [0, 0.05) is 19.8 Å². The fraction of sp³-hybridized carbons (Fsp3) is 0.357. The SMILES string of the molecule is CNCc1cnc(N(C)Cc2ccc(C)o2)c(Cl)c1. The summed E-state index contributed by atoms with van der Waals surface area (Å²) in [4.78, 5) is 6.39. The maximum Gasteiger partial charge on any atom is 0.147 e. The molecule has 0 amide bonds. The Morgan fingerprint density at radius 2 is 2.21 bits per heavy atom. The molecule has 0 saturated carbocycles. The number of aryl methyl sites for hydroxylation is 1. The Labute approximate surface area is 118 Å². The first kappa shape index (κ1) is 13.9. The van der Waals surface area contributed by atoms with Crippen LogP contribution in [-0.4, -0.2) is 19.1 Å². The van der Waals surface area contributed by atoms with E-state index >= 15 is 0 Å². The van der Waals surface area contributed by atoms with Crippen molar-refractivity contribution in [1.82, 2.24) is 10.3 Å². The molecule has 2 rings (SSSR count). The number of anilines is 1. The van der Waals surface area contributed by atoms with Crippen LogP contribution in [0.3, 0.4) is 0 Å². The van der Waals surface area contributed by atoms with Crippen molar-refractivity contribution >= 4 is 17.4 Å². The number of hydrogen-bond donors (Lipinski definition) is 1. The third kappa shape index (κ3) is 3.49. The Hall–Kier alpha value is -1.52. The van der Waals surface area contributed by atoms with Crippen molar-refractivity contribution in [2.75, 3.05) is 19.0 Å². The molecule has 2 heterocycles. The molecule has 0 spiro atoms. The van der Waals surface area contributed by atoms with Gasteiger partial charge in [0.05, 0.1) is 11.6 Å².